The van der Waals surface area contributed by atoms with Crippen LogP contribution in [-0.2, 0) is 4.79 Å². The summed E-state index contributed by atoms with van der Waals surface area (Å²) in [5, 5.41) is 8.10. The molecule has 0 saturated heterocycles. The Morgan fingerprint density at radius 3 is 2.42 bits per heavy atom. The van der Waals surface area contributed by atoms with Gasteiger partial charge in [0.2, 0.25) is 5.91 Å². The van der Waals surface area contributed by atoms with Crippen LogP contribution in [-0.4, -0.2) is 30.8 Å². The van der Waals surface area contributed by atoms with Crippen molar-refractivity contribution in [3.63, 3.8) is 0 Å². The summed E-state index contributed by atoms with van der Waals surface area (Å²) in [7, 11) is 1.49. The standard InChI is InChI=1S/C18H20ClN3O4/c1-10(2)15(22-17(24)14-5-4-8-26-14)18(25)21-11-6-7-13(19)12(9-11)16(23)20-3/h4-10,15H,1-3H3,(H,20,23)(H,21,25)(H,22,24). The van der Waals surface area contributed by atoms with Crippen molar-refractivity contribution in [2.45, 2.75) is 19.9 Å². The van der Waals surface area contributed by atoms with Gasteiger partial charge in [0, 0.05) is 12.7 Å². The fraction of sp³-hybridized carbons (Fsp3) is 0.278. The molecule has 0 aliphatic heterocycles. The molecular weight excluding hydrogens is 358 g/mol. The lowest BCUT2D eigenvalue weighted by Gasteiger charge is -2.21. The Balaban J connectivity index is 2.15. The van der Waals surface area contributed by atoms with Crippen LogP contribution in [0.2, 0.25) is 5.02 Å². The number of hydrogen-bond donors (Lipinski definition) is 3. The number of halogens is 1. The van der Waals surface area contributed by atoms with E-state index in [1.807, 2.05) is 13.8 Å². The maximum absolute atomic E-state index is 12.6. The predicted molar refractivity (Wildman–Crippen MR) is 98.3 cm³/mol. The second kappa shape index (κ2) is 8.53. The van der Waals surface area contributed by atoms with E-state index in [4.69, 9.17) is 16.0 Å². The third kappa shape index (κ3) is 4.64. The summed E-state index contributed by atoms with van der Waals surface area (Å²) in [5.74, 6) is -1.30. The van der Waals surface area contributed by atoms with Gasteiger partial charge in [-0.25, -0.2) is 0 Å². The molecule has 7 nitrogen and oxygen atoms in total. The Hall–Kier alpha value is -2.80. The van der Waals surface area contributed by atoms with Crippen LogP contribution in [0.1, 0.15) is 34.8 Å². The Morgan fingerprint density at radius 1 is 1.12 bits per heavy atom. The molecule has 0 saturated carbocycles. The molecule has 1 unspecified atom stereocenters. The highest BCUT2D eigenvalue weighted by Crippen LogP contribution is 2.21. The van der Waals surface area contributed by atoms with Gasteiger partial charge in [0.05, 0.1) is 16.8 Å². The van der Waals surface area contributed by atoms with Crippen LogP contribution in [0, 0.1) is 5.92 Å². The molecule has 138 valence electrons. The summed E-state index contributed by atoms with van der Waals surface area (Å²) in [5.41, 5.74) is 0.642. The monoisotopic (exact) mass is 377 g/mol. The molecule has 0 fully saturated rings. The lowest BCUT2D eigenvalue weighted by Crippen LogP contribution is -2.47. The van der Waals surface area contributed by atoms with Gasteiger partial charge in [-0.2, -0.15) is 0 Å². The number of amides is 3. The maximum atomic E-state index is 12.6. The number of carbonyl (C=O) groups is 3. The van der Waals surface area contributed by atoms with E-state index in [0.717, 1.165) is 0 Å². The normalized spacial score (nSPS) is 11.7. The predicted octanol–water partition coefficient (Wildman–Crippen LogP) is 2.69. The quantitative estimate of drug-likeness (QED) is 0.720. The van der Waals surface area contributed by atoms with Crippen molar-refractivity contribution in [2.24, 2.45) is 5.92 Å². The van der Waals surface area contributed by atoms with Gasteiger partial charge in [-0.3, -0.25) is 14.4 Å². The lowest BCUT2D eigenvalue weighted by atomic mass is 10.0. The summed E-state index contributed by atoms with van der Waals surface area (Å²) in [6, 6.07) is 6.90. The van der Waals surface area contributed by atoms with Gasteiger partial charge < -0.3 is 20.4 Å². The van der Waals surface area contributed by atoms with Crippen molar-refractivity contribution >= 4 is 35.0 Å². The minimum Gasteiger partial charge on any atom is -0.459 e. The van der Waals surface area contributed by atoms with E-state index in [2.05, 4.69) is 16.0 Å². The molecule has 1 heterocycles. The summed E-state index contributed by atoms with van der Waals surface area (Å²) < 4.78 is 5.04. The molecule has 8 heteroatoms. The van der Waals surface area contributed by atoms with Crippen LogP contribution in [0.15, 0.2) is 41.0 Å². The average molecular weight is 378 g/mol. The fourth-order valence-corrected chi connectivity index (χ4v) is 2.49. The van der Waals surface area contributed by atoms with Crippen molar-refractivity contribution in [3.05, 3.63) is 52.9 Å². The van der Waals surface area contributed by atoms with Crippen LogP contribution < -0.4 is 16.0 Å². The molecule has 2 rings (SSSR count). The SMILES string of the molecule is CNC(=O)c1cc(NC(=O)C(NC(=O)c2ccco2)C(C)C)ccc1Cl. The third-order valence-corrected chi connectivity index (χ3v) is 4.02. The van der Waals surface area contributed by atoms with Gasteiger partial charge in [0.25, 0.3) is 11.8 Å². The van der Waals surface area contributed by atoms with Gasteiger partial charge in [0.15, 0.2) is 5.76 Å². The van der Waals surface area contributed by atoms with Crippen molar-refractivity contribution < 1.29 is 18.8 Å². The lowest BCUT2D eigenvalue weighted by molar-refractivity contribution is -0.118. The van der Waals surface area contributed by atoms with E-state index in [1.54, 1.807) is 12.1 Å². The largest absolute Gasteiger partial charge is 0.459 e. The van der Waals surface area contributed by atoms with Crippen molar-refractivity contribution in [1.29, 1.82) is 0 Å². The summed E-state index contributed by atoms with van der Waals surface area (Å²) in [6.45, 7) is 3.62. The highest BCUT2D eigenvalue weighted by atomic mass is 35.5. The van der Waals surface area contributed by atoms with E-state index in [0.29, 0.717) is 5.69 Å². The molecule has 1 aromatic carbocycles. The van der Waals surface area contributed by atoms with E-state index in [1.165, 1.54) is 31.5 Å². The van der Waals surface area contributed by atoms with Gasteiger partial charge in [-0.15, -0.1) is 0 Å². The molecule has 0 aliphatic carbocycles. The van der Waals surface area contributed by atoms with E-state index >= 15 is 0 Å². The number of furan rings is 1. The topological polar surface area (TPSA) is 100 Å². The van der Waals surface area contributed by atoms with Gasteiger partial charge in [0.1, 0.15) is 6.04 Å². The fourth-order valence-electron chi connectivity index (χ4n) is 2.29. The summed E-state index contributed by atoms with van der Waals surface area (Å²) in [6.07, 6.45) is 1.38. The van der Waals surface area contributed by atoms with Crippen LogP contribution >= 0.6 is 11.6 Å². The van der Waals surface area contributed by atoms with Crippen molar-refractivity contribution in [1.82, 2.24) is 10.6 Å². The summed E-state index contributed by atoms with van der Waals surface area (Å²) in [4.78, 5) is 36.6. The zero-order valence-corrected chi connectivity index (χ0v) is 15.4. The Morgan fingerprint density at radius 2 is 1.85 bits per heavy atom. The molecule has 1 aromatic heterocycles. The number of rotatable bonds is 6. The van der Waals surface area contributed by atoms with E-state index in [-0.39, 0.29) is 28.2 Å². The third-order valence-electron chi connectivity index (χ3n) is 3.69. The van der Waals surface area contributed by atoms with Gasteiger partial charge >= 0.3 is 0 Å². The van der Waals surface area contributed by atoms with Gasteiger partial charge in [-0.1, -0.05) is 25.4 Å². The van der Waals surface area contributed by atoms with Crippen LogP contribution in [0.3, 0.4) is 0 Å². The number of nitrogens with one attached hydrogen (secondary N) is 3. The zero-order chi connectivity index (χ0) is 19.3. The molecule has 0 bridgehead atoms. The van der Waals surface area contributed by atoms with Crippen molar-refractivity contribution in [3.8, 4) is 0 Å². The smallest absolute Gasteiger partial charge is 0.287 e. The van der Waals surface area contributed by atoms with Gasteiger partial charge in [-0.05, 0) is 36.2 Å². The molecule has 0 radical (unpaired) electrons. The zero-order valence-electron chi connectivity index (χ0n) is 14.6. The number of hydrogen-bond acceptors (Lipinski definition) is 4. The first-order valence-electron chi connectivity index (χ1n) is 8.00. The van der Waals surface area contributed by atoms with E-state index < -0.39 is 17.9 Å². The Bertz CT molecular complexity index is 803. The Kier molecular flexibility index (Phi) is 6.41. The molecule has 3 N–H and O–H groups in total. The first-order valence-corrected chi connectivity index (χ1v) is 8.38. The summed E-state index contributed by atoms with van der Waals surface area (Å²) >= 11 is 6.00. The van der Waals surface area contributed by atoms with E-state index in [9.17, 15) is 14.4 Å². The minimum atomic E-state index is -0.785. The molecule has 0 spiro atoms. The highest BCUT2D eigenvalue weighted by Gasteiger charge is 2.26. The molecule has 2 aromatic rings. The van der Waals surface area contributed by atoms with Crippen molar-refractivity contribution in [2.75, 3.05) is 12.4 Å². The second-order valence-electron chi connectivity index (χ2n) is 5.94. The molecule has 0 aliphatic rings. The van der Waals surface area contributed by atoms with Crippen LogP contribution in [0.4, 0.5) is 5.69 Å². The second-order valence-corrected chi connectivity index (χ2v) is 6.34. The molecule has 26 heavy (non-hydrogen) atoms. The maximum Gasteiger partial charge on any atom is 0.287 e. The average Bonchev–Trinajstić information content (AvgIpc) is 3.14. The number of benzene rings is 1. The molecular formula is C18H20ClN3O4. The van der Waals surface area contributed by atoms with Crippen LogP contribution in [0.5, 0.6) is 0 Å². The minimum absolute atomic E-state index is 0.122. The molecule has 3 amide bonds. The first-order chi connectivity index (χ1) is 12.3. The highest BCUT2D eigenvalue weighted by molar-refractivity contribution is 6.34. The number of anilines is 1. The Labute approximate surface area is 156 Å². The molecule has 1 atom stereocenters. The van der Waals surface area contributed by atoms with Crippen LogP contribution in [0.25, 0.3) is 0 Å². The number of carbonyl (C=O) groups excluding carboxylic acids is 3. The first kappa shape index (κ1) is 19.5.